The number of hydrogen-bond acceptors (Lipinski definition) is 6. The third-order valence-corrected chi connectivity index (χ3v) is 3.73. The van der Waals surface area contributed by atoms with Gasteiger partial charge in [-0.25, -0.2) is 9.78 Å². The largest absolute Gasteiger partial charge is 0.462 e. The Bertz CT molecular complexity index is 690. The van der Waals surface area contributed by atoms with Crippen molar-refractivity contribution in [2.75, 3.05) is 11.9 Å². The van der Waals surface area contributed by atoms with E-state index in [1.807, 2.05) is 0 Å². The minimum Gasteiger partial charge on any atom is -0.462 e. The Morgan fingerprint density at radius 2 is 2.04 bits per heavy atom. The van der Waals surface area contributed by atoms with Gasteiger partial charge < -0.3 is 9.47 Å². The molecule has 23 heavy (non-hydrogen) atoms. The number of anilines is 1. The van der Waals surface area contributed by atoms with Gasteiger partial charge in [-0.15, -0.1) is 0 Å². The molecule has 0 saturated heterocycles. The molecule has 1 heterocycles. The molecule has 6 nitrogen and oxygen atoms in total. The van der Waals surface area contributed by atoms with Gasteiger partial charge in [-0.05, 0) is 26.0 Å². The minimum atomic E-state index is -2.19. The lowest BCUT2D eigenvalue weighted by atomic mass is 10.3. The highest BCUT2D eigenvalue weighted by molar-refractivity contribution is 7.17. The number of aromatic nitrogens is 1. The molecule has 1 N–H and O–H groups in total. The molecule has 1 atom stereocenters. The van der Waals surface area contributed by atoms with E-state index in [1.165, 1.54) is 12.1 Å². The van der Waals surface area contributed by atoms with Gasteiger partial charge in [0.25, 0.3) is 0 Å². The first kappa shape index (κ1) is 16.9. The molecule has 0 bridgehead atoms. The van der Waals surface area contributed by atoms with Crippen LogP contribution in [0.2, 0.25) is 0 Å². The van der Waals surface area contributed by atoms with Crippen molar-refractivity contribution in [1.82, 2.24) is 4.98 Å². The van der Waals surface area contributed by atoms with Gasteiger partial charge in [-0.1, -0.05) is 29.5 Å². The standard InChI is InChI=1S/C15H15FN2O4S/c1-3-21-14(20)11-9(2)17-15(23-11)18-13(19)12(16)22-10-7-5-4-6-8-10/h4-8,12H,3H2,1-2H3,(H,17,18,19). The molecule has 2 rings (SSSR count). The van der Waals surface area contributed by atoms with Gasteiger partial charge in [-0.2, -0.15) is 4.39 Å². The Balaban J connectivity index is 2.00. The van der Waals surface area contributed by atoms with Crippen LogP contribution in [0.5, 0.6) is 5.75 Å². The highest BCUT2D eigenvalue weighted by Gasteiger charge is 2.22. The van der Waals surface area contributed by atoms with Crippen LogP contribution in [0.4, 0.5) is 9.52 Å². The zero-order chi connectivity index (χ0) is 16.8. The quantitative estimate of drug-likeness (QED) is 0.820. The van der Waals surface area contributed by atoms with Crippen LogP contribution in [-0.4, -0.2) is 29.8 Å². The predicted octanol–water partition coefficient (Wildman–Crippen LogP) is 2.94. The summed E-state index contributed by atoms with van der Waals surface area (Å²) in [6, 6.07) is 8.14. The summed E-state index contributed by atoms with van der Waals surface area (Å²) in [5.41, 5.74) is 0.406. The van der Waals surface area contributed by atoms with E-state index < -0.39 is 18.2 Å². The molecule has 122 valence electrons. The Morgan fingerprint density at radius 1 is 1.35 bits per heavy atom. The normalized spacial score (nSPS) is 11.6. The monoisotopic (exact) mass is 338 g/mol. The number of benzene rings is 1. The maximum absolute atomic E-state index is 13.8. The molecule has 2 aromatic rings. The number of halogens is 1. The van der Waals surface area contributed by atoms with Crippen LogP contribution in [0, 0.1) is 6.92 Å². The number of para-hydroxylation sites is 1. The Kier molecular flexibility index (Phi) is 5.64. The van der Waals surface area contributed by atoms with Crippen LogP contribution in [0.3, 0.4) is 0 Å². The molecule has 0 aliphatic heterocycles. The van der Waals surface area contributed by atoms with Gasteiger partial charge >= 0.3 is 18.2 Å². The third-order valence-electron chi connectivity index (χ3n) is 2.68. The fourth-order valence-electron chi connectivity index (χ4n) is 1.67. The second-order valence-electron chi connectivity index (χ2n) is 4.39. The van der Waals surface area contributed by atoms with Crippen LogP contribution in [0.25, 0.3) is 0 Å². The average molecular weight is 338 g/mol. The minimum absolute atomic E-state index is 0.106. The van der Waals surface area contributed by atoms with Crippen molar-refractivity contribution in [2.45, 2.75) is 20.2 Å². The van der Waals surface area contributed by atoms with Crippen molar-refractivity contribution < 1.29 is 23.5 Å². The Morgan fingerprint density at radius 3 is 2.70 bits per heavy atom. The Labute approximate surface area is 136 Å². The smallest absolute Gasteiger partial charge is 0.350 e. The molecule has 0 aliphatic carbocycles. The lowest BCUT2D eigenvalue weighted by Gasteiger charge is -2.10. The number of nitrogens with zero attached hydrogens (tertiary/aromatic N) is 1. The molecular formula is C15H15FN2O4S. The van der Waals surface area contributed by atoms with Crippen molar-refractivity contribution in [2.24, 2.45) is 0 Å². The summed E-state index contributed by atoms with van der Waals surface area (Å²) in [5.74, 6) is -1.30. The van der Waals surface area contributed by atoms with E-state index in [4.69, 9.17) is 9.47 Å². The molecule has 0 saturated carbocycles. The lowest BCUT2D eigenvalue weighted by Crippen LogP contribution is -2.28. The first-order chi connectivity index (χ1) is 11.0. The number of amides is 1. The number of thiazole rings is 1. The maximum atomic E-state index is 13.8. The van der Waals surface area contributed by atoms with E-state index in [9.17, 15) is 14.0 Å². The fraction of sp³-hybridized carbons (Fsp3) is 0.267. The average Bonchev–Trinajstić information content (AvgIpc) is 2.89. The van der Waals surface area contributed by atoms with E-state index in [2.05, 4.69) is 10.3 Å². The van der Waals surface area contributed by atoms with Crippen molar-refractivity contribution >= 4 is 28.3 Å². The molecule has 8 heteroatoms. The van der Waals surface area contributed by atoms with Crippen molar-refractivity contribution in [1.29, 1.82) is 0 Å². The molecule has 1 aromatic heterocycles. The van der Waals surface area contributed by atoms with Crippen LogP contribution in [-0.2, 0) is 9.53 Å². The summed E-state index contributed by atoms with van der Waals surface area (Å²) < 4.78 is 23.6. The molecule has 0 spiro atoms. The highest BCUT2D eigenvalue weighted by atomic mass is 32.1. The predicted molar refractivity (Wildman–Crippen MR) is 83.4 cm³/mol. The summed E-state index contributed by atoms with van der Waals surface area (Å²) >= 11 is 0.920. The first-order valence-corrected chi connectivity index (χ1v) is 7.64. The van der Waals surface area contributed by atoms with Crippen LogP contribution >= 0.6 is 11.3 Å². The second kappa shape index (κ2) is 7.68. The fourth-order valence-corrected chi connectivity index (χ4v) is 2.53. The summed E-state index contributed by atoms with van der Waals surface area (Å²) in [6.45, 7) is 3.52. The maximum Gasteiger partial charge on any atom is 0.350 e. The number of nitrogens with one attached hydrogen (secondary N) is 1. The van der Waals surface area contributed by atoms with Gasteiger partial charge in [0, 0.05) is 0 Å². The zero-order valence-corrected chi connectivity index (χ0v) is 13.4. The molecule has 1 amide bonds. The zero-order valence-electron chi connectivity index (χ0n) is 12.5. The number of hydrogen-bond donors (Lipinski definition) is 1. The Hall–Kier alpha value is -2.48. The number of aryl methyl sites for hydroxylation is 1. The number of alkyl halides is 1. The summed E-state index contributed by atoms with van der Waals surface area (Å²) in [5, 5.41) is 2.39. The van der Waals surface area contributed by atoms with Crippen molar-refractivity contribution in [3.63, 3.8) is 0 Å². The van der Waals surface area contributed by atoms with Gasteiger partial charge in [0.05, 0.1) is 12.3 Å². The van der Waals surface area contributed by atoms with Crippen molar-refractivity contribution in [3.8, 4) is 5.75 Å². The summed E-state index contributed by atoms with van der Waals surface area (Å²) in [4.78, 5) is 27.7. The van der Waals surface area contributed by atoms with Crippen LogP contribution in [0.15, 0.2) is 30.3 Å². The number of rotatable bonds is 6. The lowest BCUT2D eigenvalue weighted by molar-refractivity contribution is -0.129. The van der Waals surface area contributed by atoms with E-state index in [1.54, 1.807) is 32.0 Å². The SMILES string of the molecule is CCOC(=O)c1sc(NC(=O)C(F)Oc2ccccc2)nc1C. The number of esters is 1. The first-order valence-electron chi connectivity index (χ1n) is 6.82. The summed E-state index contributed by atoms with van der Waals surface area (Å²) in [6.07, 6.45) is -2.19. The molecule has 0 aliphatic rings. The van der Waals surface area contributed by atoms with E-state index >= 15 is 0 Å². The second-order valence-corrected chi connectivity index (χ2v) is 5.39. The topological polar surface area (TPSA) is 77.5 Å². The highest BCUT2D eigenvalue weighted by Crippen LogP contribution is 2.24. The van der Waals surface area contributed by atoms with E-state index in [0.717, 1.165) is 11.3 Å². The molecular weight excluding hydrogens is 323 g/mol. The van der Waals surface area contributed by atoms with E-state index in [-0.39, 0.29) is 22.4 Å². The molecule has 0 fully saturated rings. The van der Waals surface area contributed by atoms with Gasteiger partial charge in [0.1, 0.15) is 10.6 Å². The number of carbonyl (C=O) groups excluding carboxylic acids is 2. The number of carbonyl (C=O) groups is 2. The van der Waals surface area contributed by atoms with Crippen LogP contribution in [0.1, 0.15) is 22.3 Å². The van der Waals surface area contributed by atoms with Gasteiger partial charge in [-0.3, -0.25) is 10.1 Å². The molecule has 0 radical (unpaired) electrons. The molecule has 1 unspecified atom stereocenters. The van der Waals surface area contributed by atoms with Crippen LogP contribution < -0.4 is 10.1 Å². The van der Waals surface area contributed by atoms with Gasteiger partial charge in [0.2, 0.25) is 0 Å². The third kappa shape index (κ3) is 4.49. The summed E-state index contributed by atoms with van der Waals surface area (Å²) in [7, 11) is 0. The molecule has 1 aromatic carbocycles. The van der Waals surface area contributed by atoms with Gasteiger partial charge in [0.15, 0.2) is 5.13 Å². The van der Waals surface area contributed by atoms with E-state index in [0.29, 0.717) is 5.69 Å². The number of ether oxygens (including phenoxy) is 2. The van der Waals surface area contributed by atoms with Crippen molar-refractivity contribution in [3.05, 3.63) is 40.9 Å².